The van der Waals surface area contributed by atoms with E-state index in [1.807, 2.05) is 6.07 Å². The Kier molecular flexibility index (Phi) is 4.51. The van der Waals surface area contributed by atoms with E-state index < -0.39 is 0 Å². The van der Waals surface area contributed by atoms with Crippen LogP contribution in [-0.4, -0.2) is 4.98 Å². The summed E-state index contributed by atoms with van der Waals surface area (Å²) in [5, 5.41) is 0. The van der Waals surface area contributed by atoms with Gasteiger partial charge >= 0.3 is 0 Å². The summed E-state index contributed by atoms with van der Waals surface area (Å²) in [5.41, 5.74) is 1.23. The fraction of sp³-hybridized carbons (Fsp3) is 0.375. The van der Waals surface area contributed by atoms with Crippen LogP contribution in [0.1, 0.15) is 25.3 Å². The van der Waals surface area contributed by atoms with E-state index in [2.05, 4.69) is 24.9 Å². The van der Waals surface area contributed by atoms with E-state index in [-0.39, 0.29) is 20.4 Å². The number of rotatable bonds is 1. The number of nitrogens with zero attached hydrogens (tertiary/aromatic N) is 1. The minimum absolute atomic E-state index is 0. The number of pyridine rings is 1. The first-order chi connectivity index (χ1) is 4.30. The first-order valence-electron chi connectivity index (χ1n) is 3.12. The van der Waals surface area contributed by atoms with Crippen LogP contribution < -0.4 is 0 Å². The molecule has 1 heterocycles. The molecule has 1 nitrogen and oxygen atoms in total. The van der Waals surface area contributed by atoms with Crippen LogP contribution in [0.4, 0.5) is 0 Å². The Morgan fingerprint density at radius 3 is 2.50 bits per heavy atom. The second-order valence-electron chi connectivity index (χ2n) is 2.35. The molecule has 0 unspecified atom stereocenters. The molecule has 0 N–H and O–H groups in total. The van der Waals surface area contributed by atoms with Crippen molar-refractivity contribution in [3.63, 3.8) is 0 Å². The van der Waals surface area contributed by atoms with Gasteiger partial charge in [0.05, 0.1) is 0 Å². The van der Waals surface area contributed by atoms with Crippen LogP contribution in [0.5, 0.6) is 0 Å². The van der Waals surface area contributed by atoms with Crippen LogP contribution in [0.25, 0.3) is 0 Å². The van der Waals surface area contributed by atoms with Gasteiger partial charge in [0.2, 0.25) is 0 Å². The van der Waals surface area contributed by atoms with Gasteiger partial charge in [-0.2, -0.15) is 6.07 Å². The van der Waals surface area contributed by atoms with Crippen molar-refractivity contribution < 1.29 is 20.4 Å². The van der Waals surface area contributed by atoms with Gasteiger partial charge in [0.1, 0.15) is 0 Å². The third-order valence-electron chi connectivity index (χ3n) is 1.27. The molecule has 0 aliphatic carbocycles. The van der Waals surface area contributed by atoms with E-state index in [1.54, 1.807) is 12.4 Å². The minimum Gasteiger partial charge on any atom is -0.304 e. The molecule has 0 spiro atoms. The second-order valence-corrected chi connectivity index (χ2v) is 2.35. The van der Waals surface area contributed by atoms with Gasteiger partial charge in [0, 0.05) is 20.4 Å². The Labute approximate surface area is 75.5 Å². The van der Waals surface area contributed by atoms with Gasteiger partial charge in [0.15, 0.2) is 0 Å². The normalized spacial score (nSPS) is 9.10. The number of hydrogen-bond acceptors (Lipinski definition) is 1. The van der Waals surface area contributed by atoms with Crippen molar-refractivity contribution >= 4 is 0 Å². The molecule has 0 aliphatic heterocycles. The van der Waals surface area contributed by atoms with Crippen molar-refractivity contribution in [3.8, 4) is 0 Å². The van der Waals surface area contributed by atoms with Crippen molar-refractivity contribution in [2.24, 2.45) is 0 Å². The monoisotopic (exact) mass is 307 g/mol. The molecule has 1 radical (unpaired) electrons. The van der Waals surface area contributed by atoms with Crippen molar-refractivity contribution in [3.05, 3.63) is 30.1 Å². The number of aromatic nitrogens is 1. The SMILES string of the molecule is CC(C)c1[c-]cncc1.[Re]. The van der Waals surface area contributed by atoms with Crippen LogP contribution >= 0.6 is 0 Å². The smallest absolute Gasteiger partial charge is 0 e. The van der Waals surface area contributed by atoms with Crippen LogP contribution in [0.3, 0.4) is 0 Å². The molecule has 0 saturated carbocycles. The molecular formula is C8H10NRe-. The van der Waals surface area contributed by atoms with E-state index in [1.165, 1.54) is 5.56 Å². The summed E-state index contributed by atoms with van der Waals surface area (Å²) in [5.74, 6) is 0.563. The zero-order chi connectivity index (χ0) is 6.69. The Morgan fingerprint density at radius 1 is 1.50 bits per heavy atom. The van der Waals surface area contributed by atoms with Gasteiger partial charge in [-0.25, -0.2) is 11.6 Å². The molecule has 10 heavy (non-hydrogen) atoms. The molecule has 0 bridgehead atoms. The molecule has 55 valence electrons. The van der Waals surface area contributed by atoms with Crippen molar-refractivity contribution in [1.29, 1.82) is 0 Å². The molecule has 1 aromatic rings. The van der Waals surface area contributed by atoms with Gasteiger partial charge in [-0.05, 0) is 0 Å². The quantitative estimate of drug-likeness (QED) is 0.723. The maximum absolute atomic E-state index is 3.87. The van der Waals surface area contributed by atoms with E-state index in [0.717, 1.165) is 0 Å². The second kappa shape index (κ2) is 4.60. The number of hydrogen-bond donors (Lipinski definition) is 0. The molecule has 2 heteroatoms. The summed E-state index contributed by atoms with van der Waals surface area (Å²) in [4.78, 5) is 3.87. The Morgan fingerprint density at radius 2 is 2.20 bits per heavy atom. The molecule has 0 saturated heterocycles. The zero-order valence-corrected chi connectivity index (χ0v) is 8.85. The fourth-order valence-corrected chi connectivity index (χ4v) is 0.685. The van der Waals surface area contributed by atoms with Gasteiger partial charge in [0.25, 0.3) is 0 Å². The molecule has 1 rings (SSSR count). The Balaban J connectivity index is 0.000000810. The molecule has 0 aliphatic rings. The fourth-order valence-electron chi connectivity index (χ4n) is 0.685. The van der Waals surface area contributed by atoms with Gasteiger partial charge in [-0.1, -0.05) is 32.2 Å². The topological polar surface area (TPSA) is 12.9 Å². The molecular weight excluding hydrogens is 296 g/mol. The summed E-state index contributed by atoms with van der Waals surface area (Å²) >= 11 is 0. The summed E-state index contributed by atoms with van der Waals surface area (Å²) in [6.07, 6.45) is 3.50. The van der Waals surface area contributed by atoms with Crippen LogP contribution in [0.15, 0.2) is 18.5 Å². The van der Waals surface area contributed by atoms with E-state index in [0.29, 0.717) is 5.92 Å². The maximum atomic E-state index is 3.87. The molecule has 1 aromatic heterocycles. The predicted octanol–water partition coefficient (Wildman–Crippen LogP) is 2.00. The van der Waals surface area contributed by atoms with E-state index in [9.17, 15) is 0 Å². The van der Waals surface area contributed by atoms with Crippen molar-refractivity contribution in [1.82, 2.24) is 4.98 Å². The van der Waals surface area contributed by atoms with Crippen LogP contribution in [-0.2, 0) is 20.4 Å². The van der Waals surface area contributed by atoms with Crippen LogP contribution in [0.2, 0.25) is 0 Å². The summed E-state index contributed by atoms with van der Waals surface area (Å²) in [6, 6.07) is 5.05. The molecule has 0 fully saturated rings. The summed E-state index contributed by atoms with van der Waals surface area (Å²) < 4.78 is 0. The van der Waals surface area contributed by atoms with Crippen molar-refractivity contribution in [2.45, 2.75) is 19.8 Å². The van der Waals surface area contributed by atoms with E-state index in [4.69, 9.17) is 0 Å². The Bertz CT molecular complexity index is 172. The average molecular weight is 306 g/mol. The van der Waals surface area contributed by atoms with Crippen LogP contribution in [0, 0.1) is 6.07 Å². The van der Waals surface area contributed by atoms with Gasteiger partial charge in [-0.3, -0.25) is 0 Å². The summed E-state index contributed by atoms with van der Waals surface area (Å²) in [6.45, 7) is 4.29. The zero-order valence-electron chi connectivity index (χ0n) is 6.13. The third kappa shape index (κ3) is 2.60. The largest absolute Gasteiger partial charge is 0.304 e. The third-order valence-corrected chi connectivity index (χ3v) is 1.27. The molecule has 0 aromatic carbocycles. The van der Waals surface area contributed by atoms with Gasteiger partial charge in [-0.15, -0.1) is 0 Å². The standard InChI is InChI=1S/C8H10N.Re/c1-7(2)8-3-5-9-6-4-8;/h3,5-7H,1-2H3;/q-1;. The Hall–Kier alpha value is -0.188. The average Bonchev–Trinajstić information content (AvgIpc) is 1.90. The first-order valence-corrected chi connectivity index (χ1v) is 3.12. The molecule has 0 amide bonds. The van der Waals surface area contributed by atoms with E-state index >= 15 is 0 Å². The predicted molar refractivity (Wildman–Crippen MR) is 37.2 cm³/mol. The molecule has 0 atom stereocenters. The van der Waals surface area contributed by atoms with Crippen molar-refractivity contribution in [2.75, 3.05) is 0 Å². The van der Waals surface area contributed by atoms with Gasteiger partial charge < -0.3 is 4.98 Å². The minimum atomic E-state index is 0. The summed E-state index contributed by atoms with van der Waals surface area (Å²) in [7, 11) is 0. The first kappa shape index (κ1) is 9.81. The maximum Gasteiger partial charge on any atom is 0 e.